The van der Waals surface area contributed by atoms with E-state index < -0.39 is 0 Å². The molecule has 3 N–H and O–H groups in total. The zero-order valence-electron chi connectivity index (χ0n) is 16.1. The van der Waals surface area contributed by atoms with Crippen molar-refractivity contribution in [3.8, 4) is 0 Å². The normalized spacial score (nSPS) is 19.8. The molecule has 2 amide bonds. The maximum atomic E-state index is 12.6. The minimum atomic E-state index is -0.314. The van der Waals surface area contributed by atoms with Crippen molar-refractivity contribution in [3.63, 3.8) is 0 Å². The molecule has 27 heavy (non-hydrogen) atoms. The summed E-state index contributed by atoms with van der Waals surface area (Å²) in [6.07, 6.45) is 3.34. The number of hydrogen-bond donors (Lipinski definition) is 2. The van der Waals surface area contributed by atoms with Gasteiger partial charge in [0.05, 0.1) is 6.54 Å². The van der Waals surface area contributed by atoms with E-state index in [1.165, 1.54) is 0 Å². The smallest absolute Gasteiger partial charge is 0.231 e. The summed E-state index contributed by atoms with van der Waals surface area (Å²) >= 11 is 0. The number of likely N-dealkylation sites (N-methyl/N-ethyl adjacent to an activating group) is 1. The molecule has 0 bridgehead atoms. The molecule has 2 aliphatic rings. The van der Waals surface area contributed by atoms with E-state index >= 15 is 0 Å². The Morgan fingerprint density at radius 3 is 2.56 bits per heavy atom. The summed E-state index contributed by atoms with van der Waals surface area (Å²) in [5, 5.41) is 3.09. The molecular weight excluding hydrogens is 344 g/mol. The van der Waals surface area contributed by atoms with Crippen molar-refractivity contribution in [1.29, 1.82) is 0 Å². The zero-order valence-corrected chi connectivity index (χ0v) is 16.1. The lowest BCUT2D eigenvalue weighted by atomic mass is 9.96. The molecule has 0 aliphatic carbocycles. The third-order valence-corrected chi connectivity index (χ3v) is 5.46. The largest absolute Gasteiger partial charge is 0.369 e. The van der Waals surface area contributed by atoms with Crippen molar-refractivity contribution in [2.45, 2.75) is 19.4 Å². The highest BCUT2D eigenvalue weighted by Gasteiger charge is 2.26. The molecule has 2 fully saturated rings. The van der Waals surface area contributed by atoms with Crippen molar-refractivity contribution in [1.82, 2.24) is 20.1 Å². The maximum Gasteiger partial charge on any atom is 0.231 e. The lowest BCUT2D eigenvalue weighted by Crippen LogP contribution is -2.45. The van der Waals surface area contributed by atoms with Crippen molar-refractivity contribution in [2.24, 2.45) is 11.7 Å². The second-order valence-electron chi connectivity index (χ2n) is 7.51. The standard InChI is InChI=1S/C19H30N6O2/c1-23-9-11-25(12-10-23)18-16(3-2-6-21-18)13-22-19(27)15-4-7-24(8-5-15)14-17(20)26/h2-3,6,15H,4-5,7-14H2,1H3,(H2,20,26)(H,22,27). The van der Waals surface area contributed by atoms with E-state index in [0.717, 1.165) is 63.5 Å². The molecule has 3 heterocycles. The van der Waals surface area contributed by atoms with E-state index in [4.69, 9.17) is 5.73 Å². The molecule has 0 radical (unpaired) electrons. The van der Waals surface area contributed by atoms with Crippen LogP contribution in [0.25, 0.3) is 0 Å². The molecule has 2 aliphatic heterocycles. The van der Waals surface area contributed by atoms with Gasteiger partial charge in [-0.05, 0) is 39.0 Å². The monoisotopic (exact) mass is 374 g/mol. The molecule has 1 aromatic heterocycles. The summed E-state index contributed by atoms with van der Waals surface area (Å²) in [5.74, 6) is 0.743. The molecule has 1 aromatic rings. The topological polar surface area (TPSA) is 94.8 Å². The molecule has 0 aromatic carbocycles. The van der Waals surface area contributed by atoms with Gasteiger partial charge in [-0.3, -0.25) is 14.5 Å². The van der Waals surface area contributed by atoms with Crippen LogP contribution in [-0.4, -0.2) is 79.5 Å². The third kappa shape index (κ3) is 5.40. The maximum absolute atomic E-state index is 12.6. The number of carbonyl (C=O) groups excluding carboxylic acids is 2. The molecular formula is C19H30N6O2. The molecule has 8 nitrogen and oxygen atoms in total. The highest BCUT2D eigenvalue weighted by molar-refractivity contribution is 5.79. The highest BCUT2D eigenvalue weighted by Crippen LogP contribution is 2.20. The molecule has 0 unspecified atom stereocenters. The van der Waals surface area contributed by atoms with Gasteiger partial charge >= 0.3 is 0 Å². The Morgan fingerprint density at radius 2 is 1.89 bits per heavy atom. The number of primary amides is 1. The van der Waals surface area contributed by atoms with Gasteiger partial charge in [-0.1, -0.05) is 6.07 Å². The third-order valence-electron chi connectivity index (χ3n) is 5.46. The average molecular weight is 374 g/mol. The van der Waals surface area contributed by atoms with E-state index in [9.17, 15) is 9.59 Å². The van der Waals surface area contributed by atoms with Crippen LogP contribution in [-0.2, 0) is 16.1 Å². The Bertz CT molecular complexity index is 651. The van der Waals surface area contributed by atoms with Gasteiger partial charge in [0.2, 0.25) is 11.8 Å². The molecule has 0 atom stereocenters. The van der Waals surface area contributed by atoms with Gasteiger partial charge in [-0.25, -0.2) is 4.98 Å². The van der Waals surface area contributed by atoms with Gasteiger partial charge < -0.3 is 20.9 Å². The fraction of sp³-hybridized carbons (Fsp3) is 0.632. The van der Waals surface area contributed by atoms with E-state index in [1.807, 2.05) is 23.2 Å². The van der Waals surface area contributed by atoms with Gasteiger partial charge in [-0.15, -0.1) is 0 Å². The van der Waals surface area contributed by atoms with E-state index in [2.05, 4.69) is 27.1 Å². The van der Waals surface area contributed by atoms with Gasteiger partial charge in [-0.2, -0.15) is 0 Å². The molecule has 3 rings (SSSR count). The number of nitrogens with one attached hydrogen (secondary N) is 1. The summed E-state index contributed by atoms with van der Waals surface area (Å²) in [7, 11) is 2.13. The lowest BCUT2D eigenvalue weighted by Gasteiger charge is -2.34. The number of carbonyl (C=O) groups is 2. The summed E-state index contributed by atoms with van der Waals surface area (Å²) in [6.45, 7) is 6.19. The molecule has 148 valence electrons. The number of pyridine rings is 1. The minimum absolute atomic E-state index is 0.00196. The van der Waals surface area contributed by atoms with Crippen LogP contribution >= 0.6 is 0 Å². The number of likely N-dealkylation sites (tertiary alicyclic amines) is 1. The SMILES string of the molecule is CN1CCN(c2ncccc2CNC(=O)C2CCN(CC(N)=O)CC2)CC1. The van der Waals surface area contributed by atoms with E-state index in [-0.39, 0.29) is 24.3 Å². The van der Waals surface area contributed by atoms with Crippen LogP contribution in [0.2, 0.25) is 0 Å². The Hall–Kier alpha value is -2.19. The number of piperidine rings is 1. The Balaban J connectivity index is 1.52. The first kappa shape index (κ1) is 19.6. The van der Waals surface area contributed by atoms with Crippen LogP contribution in [0.15, 0.2) is 18.3 Å². The van der Waals surface area contributed by atoms with E-state index in [0.29, 0.717) is 6.54 Å². The van der Waals surface area contributed by atoms with Gasteiger partial charge in [0.25, 0.3) is 0 Å². The average Bonchev–Trinajstić information content (AvgIpc) is 2.67. The Kier molecular flexibility index (Phi) is 6.63. The van der Waals surface area contributed by atoms with Crippen LogP contribution in [0.1, 0.15) is 18.4 Å². The summed E-state index contributed by atoms with van der Waals surface area (Å²) in [6, 6.07) is 3.96. The number of rotatable bonds is 6. The first-order chi connectivity index (χ1) is 13.0. The number of nitrogens with zero attached hydrogens (tertiary/aromatic N) is 4. The first-order valence-electron chi connectivity index (χ1n) is 9.68. The number of piperazine rings is 1. The van der Waals surface area contributed by atoms with Crippen LogP contribution in [0.3, 0.4) is 0 Å². The number of hydrogen-bond acceptors (Lipinski definition) is 6. The molecule has 2 saturated heterocycles. The predicted octanol–water partition coefficient (Wildman–Crippen LogP) is -0.353. The minimum Gasteiger partial charge on any atom is -0.369 e. The Morgan fingerprint density at radius 1 is 1.19 bits per heavy atom. The fourth-order valence-electron chi connectivity index (χ4n) is 3.77. The highest BCUT2D eigenvalue weighted by atomic mass is 16.2. The number of amides is 2. The van der Waals surface area contributed by atoms with Crippen LogP contribution in [0.4, 0.5) is 5.82 Å². The van der Waals surface area contributed by atoms with Crippen molar-refractivity contribution < 1.29 is 9.59 Å². The zero-order chi connectivity index (χ0) is 19.2. The lowest BCUT2D eigenvalue weighted by molar-refractivity contribution is -0.126. The second kappa shape index (κ2) is 9.14. The summed E-state index contributed by atoms with van der Waals surface area (Å²) < 4.78 is 0. The molecule has 0 spiro atoms. The second-order valence-corrected chi connectivity index (χ2v) is 7.51. The Labute approximate surface area is 160 Å². The quantitative estimate of drug-likeness (QED) is 0.707. The van der Waals surface area contributed by atoms with Crippen molar-refractivity contribution in [2.75, 3.05) is 57.8 Å². The van der Waals surface area contributed by atoms with Crippen molar-refractivity contribution >= 4 is 17.6 Å². The fourth-order valence-corrected chi connectivity index (χ4v) is 3.77. The molecule has 8 heteroatoms. The first-order valence-corrected chi connectivity index (χ1v) is 9.68. The van der Waals surface area contributed by atoms with Gasteiger partial charge in [0, 0.05) is 50.4 Å². The van der Waals surface area contributed by atoms with Gasteiger partial charge in [0.1, 0.15) is 5.82 Å². The predicted molar refractivity (Wildman–Crippen MR) is 104 cm³/mol. The van der Waals surface area contributed by atoms with Gasteiger partial charge in [0.15, 0.2) is 0 Å². The number of anilines is 1. The number of aromatic nitrogens is 1. The number of nitrogens with two attached hydrogens (primary N) is 1. The summed E-state index contributed by atoms with van der Waals surface area (Å²) in [4.78, 5) is 34.8. The summed E-state index contributed by atoms with van der Waals surface area (Å²) in [5.41, 5.74) is 6.30. The molecule has 0 saturated carbocycles. The van der Waals surface area contributed by atoms with Crippen LogP contribution < -0.4 is 16.0 Å². The van der Waals surface area contributed by atoms with Crippen LogP contribution in [0, 0.1) is 5.92 Å². The van der Waals surface area contributed by atoms with E-state index in [1.54, 1.807) is 0 Å². The van der Waals surface area contributed by atoms with Crippen molar-refractivity contribution in [3.05, 3.63) is 23.9 Å². The van der Waals surface area contributed by atoms with Crippen LogP contribution in [0.5, 0.6) is 0 Å².